The van der Waals surface area contributed by atoms with Gasteiger partial charge in [-0.15, -0.1) is 0 Å². The highest BCUT2D eigenvalue weighted by atomic mass is 16.5. The van der Waals surface area contributed by atoms with E-state index in [9.17, 15) is 4.79 Å². The van der Waals surface area contributed by atoms with E-state index in [1.165, 1.54) is 0 Å². The number of ketones is 1. The standard InChI is InChI=1S/C20H29NO3/c1-5-13(2)8-15-12-21-7-6-14-9-19(23-3)20(24-4)10-16(14)17(21)11-18(15)22/h9-10,13,15,17H,5-8,11-12H2,1-4H3/i2D3,5D2,6D2,8D2,9D,10D,11D2,12D2,13D,15D. The first kappa shape index (κ1) is 6.01. The summed E-state index contributed by atoms with van der Waals surface area (Å²) in [6.45, 7) is -8.42. The Morgan fingerprint density at radius 3 is 2.96 bits per heavy atom. The van der Waals surface area contributed by atoms with Crippen LogP contribution < -0.4 is 9.47 Å². The Kier molecular flexibility index (Phi) is 1.79. The molecule has 2 aliphatic rings. The Labute approximate surface area is 169 Å². The zero-order valence-electron chi connectivity index (χ0n) is 30.5. The maximum atomic E-state index is 13.9. The average Bonchev–Trinajstić information content (AvgIpc) is 2.80. The maximum Gasteiger partial charge on any atom is 0.161 e. The number of methoxy groups -OCH3 is 2. The van der Waals surface area contributed by atoms with Gasteiger partial charge in [-0.05, 0) is 41.9 Å². The van der Waals surface area contributed by atoms with Crippen LogP contribution in [0.3, 0.4) is 0 Å². The Hall–Kier alpha value is -1.55. The van der Waals surface area contributed by atoms with Crippen LogP contribution >= 0.6 is 0 Å². The Balaban J connectivity index is 2.50. The molecule has 0 saturated carbocycles. The van der Waals surface area contributed by atoms with Gasteiger partial charge >= 0.3 is 0 Å². The molecule has 3 unspecified atom stereocenters. The molecule has 1 saturated heterocycles. The molecule has 1 aromatic carbocycles. The Morgan fingerprint density at radius 2 is 2.29 bits per heavy atom. The molecular weight excluding hydrogens is 302 g/mol. The van der Waals surface area contributed by atoms with Crippen LogP contribution in [0, 0.1) is 11.8 Å². The molecule has 0 bridgehead atoms. The number of nitrogens with zero attached hydrogens (tertiary/aromatic N) is 1. The van der Waals surface area contributed by atoms with Crippen molar-refractivity contribution in [2.24, 2.45) is 11.8 Å². The number of hydrogen-bond donors (Lipinski definition) is 0. The summed E-state index contributed by atoms with van der Waals surface area (Å²) in [5.41, 5.74) is -1.33. The summed E-state index contributed by atoms with van der Waals surface area (Å²) in [6, 6.07) is -3.71. The number of rotatable bonds is 5. The van der Waals surface area contributed by atoms with Gasteiger partial charge in [0.25, 0.3) is 0 Å². The molecule has 0 aliphatic carbocycles. The molecule has 0 radical (unpaired) electrons. The van der Waals surface area contributed by atoms with Crippen molar-refractivity contribution in [1.29, 1.82) is 0 Å². The van der Waals surface area contributed by atoms with Crippen LogP contribution in [-0.4, -0.2) is 37.9 Å². The maximum absolute atomic E-state index is 13.9. The fourth-order valence-electron chi connectivity index (χ4n) is 2.44. The van der Waals surface area contributed by atoms with Gasteiger partial charge in [0.05, 0.1) is 17.0 Å². The van der Waals surface area contributed by atoms with Crippen LogP contribution in [-0.2, 0) is 11.2 Å². The van der Waals surface area contributed by atoms with Gasteiger partial charge in [-0.2, -0.15) is 0 Å². The number of carbonyl (C=O) groups excluding carboxylic acids is 1. The molecule has 1 fully saturated rings. The van der Waals surface area contributed by atoms with E-state index in [-0.39, 0.29) is 4.90 Å². The molecule has 2 aliphatic heterocycles. The monoisotopic (exact) mass is 348 g/mol. The van der Waals surface area contributed by atoms with E-state index in [1.54, 1.807) is 0 Å². The highest BCUT2D eigenvalue weighted by Gasteiger charge is 2.38. The zero-order valence-corrected chi connectivity index (χ0v) is 13.5. The van der Waals surface area contributed by atoms with E-state index < -0.39 is 104 Å². The van der Waals surface area contributed by atoms with Crippen LogP contribution in [0.1, 0.15) is 73.4 Å². The summed E-state index contributed by atoms with van der Waals surface area (Å²) in [6.07, 6.45) is -14.0. The molecule has 4 nitrogen and oxygen atoms in total. The van der Waals surface area contributed by atoms with Crippen LogP contribution in [0.2, 0.25) is 0 Å². The second-order valence-electron chi connectivity index (χ2n) is 5.02. The van der Waals surface area contributed by atoms with Crippen LogP contribution in [0.25, 0.3) is 0 Å². The third-order valence-corrected chi connectivity index (χ3v) is 3.63. The van der Waals surface area contributed by atoms with Gasteiger partial charge in [-0.3, -0.25) is 9.69 Å². The molecule has 0 spiro atoms. The highest BCUT2D eigenvalue weighted by Crippen LogP contribution is 2.42. The smallest absolute Gasteiger partial charge is 0.161 e. The fraction of sp³-hybridized carbons (Fsp3) is 0.650. The molecular formula is C20H29NO3. The van der Waals surface area contributed by atoms with Crippen molar-refractivity contribution in [2.45, 2.75) is 45.3 Å². The van der Waals surface area contributed by atoms with E-state index in [0.717, 1.165) is 14.2 Å². The molecule has 132 valence electrons. The molecule has 0 amide bonds. The van der Waals surface area contributed by atoms with E-state index >= 15 is 0 Å². The normalized spacial score (nSPS) is 47.7. The number of Topliss-reactive ketones (excluding diaryl/α,β-unsaturated/α-hetero) is 1. The number of fused-ring (bicyclic) bond motifs is 3. The summed E-state index contributed by atoms with van der Waals surface area (Å²) in [5, 5.41) is 0. The molecule has 24 heavy (non-hydrogen) atoms. The lowest BCUT2D eigenvalue weighted by Gasteiger charge is -2.43. The van der Waals surface area contributed by atoms with Crippen molar-refractivity contribution in [2.75, 3.05) is 27.3 Å². The minimum Gasteiger partial charge on any atom is -0.493 e. The first-order chi connectivity index (χ1) is 18.1. The largest absolute Gasteiger partial charge is 0.493 e. The SMILES string of the molecule is [2H]c1c(OC)c(OC)c([2H])c2c1C1N(CC2([2H])[2H])C([2H])([2H])C([2H])(C([2H])([2H])C([2H])(C([2H])([2H])[2H])C([2H])([2H])C)C(=O)C1([2H])[2H]. The number of piperidine rings is 1. The third-order valence-electron chi connectivity index (χ3n) is 3.63. The average molecular weight is 349 g/mol. The number of benzene rings is 1. The van der Waals surface area contributed by atoms with Gasteiger partial charge in [0.15, 0.2) is 11.5 Å². The predicted octanol–water partition coefficient (Wildman–Crippen LogP) is 3.63. The van der Waals surface area contributed by atoms with Gasteiger partial charge in [0, 0.05) is 51.9 Å². The van der Waals surface area contributed by atoms with Gasteiger partial charge < -0.3 is 9.47 Å². The molecule has 4 heteroatoms. The second-order valence-corrected chi connectivity index (χ2v) is 5.02. The first-order valence-corrected chi connectivity index (χ1v) is 7.16. The molecule has 1 aromatic rings. The minimum atomic E-state index is -4.28. The van der Waals surface area contributed by atoms with E-state index in [0.29, 0.717) is 6.92 Å². The summed E-state index contributed by atoms with van der Waals surface area (Å²) >= 11 is 0. The van der Waals surface area contributed by atoms with Crippen LogP contribution in [0.5, 0.6) is 11.5 Å². The fourth-order valence-corrected chi connectivity index (χ4v) is 2.44. The third kappa shape index (κ3) is 3.16. The first-order valence-electron chi connectivity index (χ1n) is 15.7. The summed E-state index contributed by atoms with van der Waals surface area (Å²) < 4.78 is 154. The number of carbonyl (C=O) groups is 1. The van der Waals surface area contributed by atoms with Gasteiger partial charge in [-0.25, -0.2) is 0 Å². The number of ether oxygens (including phenoxy) is 2. The van der Waals surface area contributed by atoms with Gasteiger partial charge in [0.2, 0.25) is 0 Å². The van der Waals surface area contributed by atoms with Crippen molar-refractivity contribution in [3.8, 4) is 11.5 Å². The summed E-state index contributed by atoms with van der Waals surface area (Å²) in [4.78, 5) is 14.2. The minimum absolute atomic E-state index is 0.274. The summed E-state index contributed by atoms with van der Waals surface area (Å²) in [5.74, 6) is -11.2. The molecule has 2 heterocycles. The molecule has 3 rings (SSSR count). The van der Waals surface area contributed by atoms with E-state index in [4.69, 9.17) is 32.8 Å². The van der Waals surface area contributed by atoms with Crippen molar-refractivity contribution < 1.29 is 37.6 Å². The van der Waals surface area contributed by atoms with Crippen LogP contribution in [0.15, 0.2) is 12.1 Å². The Morgan fingerprint density at radius 1 is 1.54 bits per heavy atom. The van der Waals surface area contributed by atoms with Crippen molar-refractivity contribution >= 4 is 5.78 Å². The van der Waals surface area contributed by atoms with Crippen molar-refractivity contribution in [1.82, 2.24) is 4.90 Å². The van der Waals surface area contributed by atoms with Crippen molar-refractivity contribution in [3.63, 3.8) is 0 Å². The quantitative estimate of drug-likeness (QED) is 0.814. The van der Waals surface area contributed by atoms with E-state index in [1.807, 2.05) is 0 Å². The predicted molar refractivity (Wildman–Crippen MR) is 94.8 cm³/mol. The lowest BCUT2D eigenvalue weighted by atomic mass is 9.79. The molecule has 0 aromatic heterocycles. The molecule has 0 N–H and O–H groups in total. The van der Waals surface area contributed by atoms with Gasteiger partial charge in [0.1, 0.15) is 5.78 Å². The van der Waals surface area contributed by atoms with Gasteiger partial charge in [-0.1, -0.05) is 20.1 Å². The second kappa shape index (κ2) is 7.14. The Bertz CT molecular complexity index is 1260. The van der Waals surface area contributed by atoms with Crippen LogP contribution in [0.4, 0.5) is 0 Å². The highest BCUT2D eigenvalue weighted by molar-refractivity contribution is 5.83. The lowest BCUT2D eigenvalue weighted by Crippen LogP contribution is -2.46. The topological polar surface area (TPSA) is 38.8 Å². The lowest BCUT2D eigenvalue weighted by molar-refractivity contribution is -0.129. The van der Waals surface area contributed by atoms with Crippen molar-refractivity contribution in [3.05, 3.63) is 23.2 Å². The zero-order chi connectivity index (χ0) is 32.3. The van der Waals surface area contributed by atoms with E-state index in [2.05, 4.69) is 0 Å². The molecule has 3 atom stereocenters. The number of hydrogen-bond acceptors (Lipinski definition) is 4. The summed E-state index contributed by atoms with van der Waals surface area (Å²) in [7, 11) is 2.18.